The van der Waals surface area contributed by atoms with Gasteiger partial charge in [-0.05, 0) is 47.6 Å². The molecule has 0 radical (unpaired) electrons. The van der Waals surface area contributed by atoms with Crippen LogP contribution >= 0.6 is 0 Å². The molecule has 0 heterocycles. The van der Waals surface area contributed by atoms with Gasteiger partial charge in [-0.3, -0.25) is 0 Å². The van der Waals surface area contributed by atoms with E-state index >= 15 is 0 Å². The molecule has 0 unspecified atom stereocenters. The van der Waals surface area contributed by atoms with Gasteiger partial charge in [-0.1, -0.05) is 205 Å². The van der Waals surface area contributed by atoms with Gasteiger partial charge in [-0.15, -0.1) is 0 Å². The molecule has 0 saturated carbocycles. The quantitative estimate of drug-likeness (QED) is 0.0909. The van der Waals surface area contributed by atoms with E-state index in [0.717, 1.165) is 6.54 Å². The van der Waals surface area contributed by atoms with E-state index in [9.17, 15) is 0 Å². The molecule has 234 valence electrons. The Kier molecular flexibility index (Phi) is 15.9. The minimum absolute atomic E-state index is 0.337. The van der Waals surface area contributed by atoms with E-state index in [1.165, 1.54) is 119 Å². The lowest BCUT2D eigenvalue weighted by molar-refractivity contribution is 0.369. The summed E-state index contributed by atoms with van der Waals surface area (Å²) in [5.74, 6) is 1.13. The zero-order valence-corrected chi connectivity index (χ0v) is 27.2. The maximum atomic E-state index is 5.60. The van der Waals surface area contributed by atoms with Gasteiger partial charge in [0.1, 0.15) is 0 Å². The first-order valence-corrected chi connectivity index (χ1v) is 17.8. The molecule has 0 saturated heterocycles. The van der Waals surface area contributed by atoms with Crippen LogP contribution in [0.2, 0.25) is 0 Å². The molecule has 44 heavy (non-hydrogen) atoms. The predicted molar refractivity (Wildman–Crippen MR) is 191 cm³/mol. The fourth-order valence-corrected chi connectivity index (χ4v) is 7.19. The number of unbranched alkanes of at least 4 members (excludes halogenated alkanes) is 13. The van der Waals surface area contributed by atoms with Crippen molar-refractivity contribution in [3.63, 3.8) is 0 Å². The van der Waals surface area contributed by atoms with Crippen molar-refractivity contribution in [3.8, 4) is 0 Å². The van der Waals surface area contributed by atoms with Crippen molar-refractivity contribution < 1.29 is 0 Å². The Morgan fingerprint density at radius 3 is 0.841 bits per heavy atom. The topological polar surface area (TPSA) is 26.0 Å². The van der Waals surface area contributed by atoms with E-state index < -0.39 is 0 Å². The second-order valence-electron chi connectivity index (χ2n) is 12.8. The standard InChI is InChI=1S/C43H57N/c44-36-26-12-10-8-6-4-2-1-3-5-7-9-11-25-35-41(42(37-27-17-13-18-28-37)38-29-19-14-20-30-38)43(39-31-21-15-22-32-39)40-33-23-16-24-34-40/h13-24,27-34,41-43H,1-12,25-26,35-36,44H2. The Morgan fingerprint density at radius 2 is 0.568 bits per heavy atom. The first-order chi connectivity index (χ1) is 21.9. The summed E-state index contributed by atoms with van der Waals surface area (Å²) in [5.41, 5.74) is 11.3. The molecule has 4 aromatic rings. The molecule has 0 spiro atoms. The lowest BCUT2D eigenvalue weighted by atomic mass is 9.68. The highest BCUT2D eigenvalue weighted by molar-refractivity contribution is 5.39. The highest BCUT2D eigenvalue weighted by atomic mass is 14.5. The van der Waals surface area contributed by atoms with E-state index in [2.05, 4.69) is 121 Å². The average molecular weight is 588 g/mol. The monoisotopic (exact) mass is 587 g/mol. The van der Waals surface area contributed by atoms with E-state index in [4.69, 9.17) is 5.73 Å². The van der Waals surface area contributed by atoms with Crippen LogP contribution in [0.4, 0.5) is 0 Å². The van der Waals surface area contributed by atoms with Crippen molar-refractivity contribution in [1.29, 1.82) is 0 Å². The van der Waals surface area contributed by atoms with Gasteiger partial charge in [-0.25, -0.2) is 0 Å². The summed E-state index contributed by atoms with van der Waals surface area (Å²) in [4.78, 5) is 0. The molecule has 1 heteroatoms. The van der Waals surface area contributed by atoms with Crippen LogP contribution in [0.5, 0.6) is 0 Å². The van der Waals surface area contributed by atoms with Crippen LogP contribution in [-0.4, -0.2) is 6.54 Å². The van der Waals surface area contributed by atoms with Crippen LogP contribution in [0, 0.1) is 5.92 Å². The number of hydrogen-bond acceptors (Lipinski definition) is 1. The van der Waals surface area contributed by atoms with Gasteiger partial charge >= 0.3 is 0 Å². The highest BCUT2D eigenvalue weighted by Crippen LogP contribution is 2.46. The fourth-order valence-electron chi connectivity index (χ4n) is 7.19. The second-order valence-corrected chi connectivity index (χ2v) is 12.8. The van der Waals surface area contributed by atoms with Crippen molar-refractivity contribution in [1.82, 2.24) is 0 Å². The maximum Gasteiger partial charge on any atom is 0.0127 e. The second kappa shape index (κ2) is 20.7. The molecule has 0 aliphatic rings. The van der Waals surface area contributed by atoms with Crippen molar-refractivity contribution >= 4 is 0 Å². The Hall–Kier alpha value is -3.16. The van der Waals surface area contributed by atoms with Crippen LogP contribution in [0.1, 0.15) is 130 Å². The lowest BCUT2D eigenvalue weighted by Crippen LogP contribution is -2.23. The van der Waals surface area contributed by atoms with Gasteiger partial charge in [0.05, 0.1) is 0 Å². The number of nitrogens with two attached hydrogens (primary N) is 1. The predicted octanol–water partition coefficient (Wildman–Crippen LogP) is 12.1. The summed E-state index contributed by atoms with van der Waals surface area (Å²) < 4.78 is 0. The third-order valence-corrected chi connectivity index (χ3v) is 9.48. The lowest BCUT2D eigenvalue weighted by Gasteiger charge is -2.36. The van der Waals surface area contributed by atoms with Crippen LogP contribution in [0.3, 0.4) is 0 Å². The van der Waals surface area contributed by atoms with Gasteiger partial charge in [0.15, 0.2) is 0 Å². The van der Waals surface area contributed by atoms with Gasteiger partial charge in [-0.2, -0.15) is 0 Å². The highest BCUT2D eigenvalue weighted by Gasteiger charge is 2.33. The van der Waals surface area contributed by atoms with Crippen molar-refractivity contribution in [2.45, 2.75) is 108 Å². The Labute approximate surface area is 269 Å². The average Bonchev–Trinajstić information content (AvgIpc) is 3.08. The molecule has 0 aromatic heterocycles. The summed E-state index contributed by atoms with van der Waals surface area (Å²) in [5, 5.41) is 0. The molecule has 0 amide bonds. The largest absolute Gasteiger partial charge is 0.330 e. The van der Waals surface area contributed by atoms with E-state index in [1.807, 2.05) is 0 Å². The summed E-state index contributed by atoms with van der Waals surface area (Å²) in [6, 6.07) is 45.1. The summed E-state index contributed by atoms with van der Waals surface area (Å²) in [6.07, 6.45) is 20.3. The SMILES string of the molecule is NCCCCCCCCCCCCCCCCC(C(c1ccccc1)c1ccccc1)C(c1ccccc1)c1ccccc1. The van der Waals surface area contributed by atoms with E-state index in [0.29, 0.717) is 17.8 Å². The molecule has 0 atom stereocenters. The van der Waals surface area contributed by atoms with Crippen molar-refractivity contribution in [3.05, 3.63) is 144 Å². The summed E-state index contributed by atoms with van der Waals surface area (Å²) in [6.45, 7) is 0.852. The fraction of sp³-hybridized carbons (Fsp3) is 0.442. The van der Waals surface area contributed by atoms with Crippen molar-refractivity contribution in [2.24, 2.45) is 11.7 Å². The zero-order valence-electron chi connectivity index (χ0n) is 27.2. The Morgan fingerprint density at radius 1 is 0.318 bits per heavy atom. The number of rotatable bonds is 22. The molecule has 0 aliphatic heterocycles. The third kappa shape index (κ3) is 11.4. The van der Waals surface area contributed by atoms with Gasteiger partial charge in [0.2, 0.25) is 0 Å². The molecule has 4 aromatic carbocycles. The first-order valence-electron chi connectivity index (χ1n) is 17.8. The Balaban J connectivity index is 1.39. The van der Waals surface area contributed by atoms with Gasteiger partial charge < -0.3 is 5.73 Å². The molecule has 4 rings (SSSR count). The molecule has 0 aliphatic carbocycles. The minimum atomic E-state index is 0.337. The van der Waals surface area contributed by atoms with E-state index in [-0.39, 0.29) is 0 Å². The summed E-state index contributed by atoms with van der Waals surface area (Å²) >= 11 is 0. The van der Waals surface area contributed by atoms with Gasteiger partial charge in [0.25, 0.3) is 0 Å². The molecule has 0 bridgehead atoms. The Bertz CT molecular complexity index is 1060. The maximum absolute atomic E-state index is 5.60. The molecular formula is C43H57N. The number of benzene rings is 4. The van der Waals surface area contributed by atoms with Crippen molar-refractivity contribution in [2.75, 3.05) is 6.54 Å². The normalized spacial score (nSPS) is 11.5. The van der Waals surface area contributed by atoms with Crippen LogP contribution < -0.4 is 5.73 Å². The molecular weight excluding hydrogens is 530 g/mol. The molecule has 0 fully saturated rings. The van der Waals surface area contributed by atoms with Crippen LogP contribution in [0.25, 0.3) is 0 Å². The van der Waals surface area contributed by atoms with E-state index in [1.54, 1.807) is 0 Å². The minimum Gasteiger partial charge on any atom is -0.330 e. The number of hydrogen-bond donors (Lipinski definition) is 1. The van der Waals surface area contributed by atoms with Gasteiger partial charge in [0, 0.05) is 11.8 Å². The van der Waals surface area contributed by atoms with Crippen LogP contribution in [-0.2, 0) is 0 Å². The molecule has 1 nitrogen and oxygen atoms in total. The third-order valence-electron chi connectivity index (χ3n) is 9.48. The zero-order chi connectivity index (χ0) is 30.5. The first kappa shape index (κ1) is 33.7. The van der Waals surface area contributed by atoms with Crippen LogP contribution in [0.15, 0.2) is 121 Å². The smallest absolute Gasteiger partial charge is 0.0127 e. The molecule has 2 N–H and O–H groups in total. The summed E-state index contributed by atoms with van der Waals surface area (Å²) in [7, 11) is 0.